The largest absolute Gasteiger partial charge is 0.378 e. The molecule has 3 rings (SSSR count). The SMILES string of the molecule is O=C(CNC(=S)Nc1ccccc1)c1ccc(N2CCOCC2)cc1. The maximum Gasteiger partial charge on any atom is 0.181 e. The normalized spacial score (nSPS) is 14.0. The van der Waals surface area contributed by atoms with E-state index in [1.54, 1.807) is 0 Å². The van der Waals surface area contributed by atoms with Gasteiger partial charge in [0.15, 0.2) is 10.9 Å². The molecule has 1 aliphatic rings. The fraction of sp³-hybridized carbons (Fsp3) is 0.263. The van der Waals surface area contributed by atoms with Crippen LogP contribution in [0.2, 0.25) is 0 Å². The van der Waals surface area contributed by atoms with Gasteiger partial charge in [-0.05, 0) is 48.6 Å². The van der Waals surface area contributed by atoms with E-state index in [9.17, 15) is 4.79 Å². The van der Waals surface area contributed by atoms with Crippen LogP contribution in [0.3, 0.4) is 0 Å². The molecule has 0 bridgehead atoms. The Balaban J connectivity index is 1.50. The van der Waals surface area contributed by atoms with Crippen molar-refractivity contribution in [1.82, 2.24) is 5.32 Å². The number of anilines is 2. The second kappa shape index (κ2) is 8.60. The first-order chi connectivity index (χ1) is 12.2. The van der Waals surface area contributed by atoms with Gasteiger partial charge in [-0.25, -0.2) is 0 Å². The minimum atomic E-state index is 0.00531. The molecule has 0 spiro atoms. The molecular formula is C19H21N3O2S. The Morgan fingerprint density at radius 3 is 2.40 bits per heavy atom. The average Bonchev–Trinajstić information content (AvgIpc) is 2.68. The van der Waals surface area contributed by atoms with Crippen molar-refractivity contribution < 1.29 is 9.53 Å². The van der Waals surface area contributed by atoms with Gasteiger partial charge in [0, 0.05) is 30.0 Å². The molecule has 0 saturated carbocycles. The predicted octanol–water partition coefficient (Wildman–Crippen LogP) is 2.69. The number of benzene rings is 2. The summed E-state index contributed by atoms with van der Waals surface area (Å²) >= 11 is 5.22. The van der Waals surface area contributed by atoms with Crippen molar-refractivity contribution in [3.05, 3.63) is 60.2 Å². The van der Waals surface area contributed by atoms with E-state index < -0.39 is 0 Å². The molecule has 0 unspecified atom stereocenters. The number of nitrogens with zero attached hydrogens (tertiary/aromatic N) is 1. The molecule has 2 aromatic carbocycles. The standard InChI is InChI=1S/C19H21N3O2S/c23-18(14-20-19(25)21-16-4-2-1-3-5-16)15-6-8-17(9-7-15)22-10-12-24-13-11-22/h1-9H,10-14H2,(H2,20,21,25). The number of carbonyl (C=O) groups excluding carboxylic acids is 1. The molecule has 1 aliphatic heterocycles. The molecule has 0 aromatic heterocycles. The smallest absolute Gasteiger partial charge is 0.181 e. The van der Waals surface area contributed by atoms with E-state index in [0.717, 1.165) is 37.7 Å². The number of hydrogen-bond acceptors (Lipinski definition) is 4. The van der Waals surface area contributed by atoms with Crippen LogP contribution in [-0.4, -0.2) is 43.7 Å². The van der Waals surface area contributed by atoms with E-state index in [4.69, 9.17) is 17.0 Å². The summed E-state index contributed by atoms with van der Waals surface area (Å²) in [7, 11) is 0. The van der Waals surface area contributed by atoms with Crippen LogP contribution in [0.5, 0.6) is 0 Å². The van der Waals surface area contributed by atoms with Gasteiger partial charge in [-0.3, -0.25) is 4.79 Å². The van der Waals surface area contributed by atoms with Crippen LogP contribution in [0.1, 0.15) is 10.4 Å². The number of Topliss-reactive ketones (excluding diaryl/α,β-unsaturated/α-hetero) is 1. The zero-order chi connectivity index (χ0) is 17.5. The molecule has 2 aromatic rings. The Hall–Kier alpha value is -2.44. The summed E-state index contributed by atoms with van der Waals surface area (Å²) in [4.78, 5) is 14.6. The number of ether oxygens (including phenoxy) is 1. The fourth-order valence-corrected chi connectivity index (χ4v) is 2.83. The van der Waals surface area contributed by atoms with Crippen LogP contribution in [0.15, 0.2) is 54.6 Å². The zero-order valence-electron chi connectivity index (χ0n) is 13.9. The molecule has 1 fully saturated rings. The highest BCUT2D eigenvalue weighted by molar-refractivity contribution is 7.80. The minimum Gasteiger partial charge on any atom is -0.378 e. The molecule has 1 heterocycles. The summed E-state index contributed by atoms with van der Waals surface area (Å²) in [5, 5.41) is 6.44. The van der Waals surface area contributed by atoms with Crippen LogP contribution in [0, 0.1) is 0 Å². The highest BCUT2D eigenvalue weighted by atomic mass is 32.1. The maximum atomic E-state index is 12.3. The average molecular weight is 355 g/mol. The summed E-state index contributed by atoms with van der Waals surface area (Å²) in [5.74, 6) is 0.00531. The fourth-order valence-electron chi connectivity index (χ4n) is 2.64. The lowest BCUT2D eigenvalue weighted by Gasteiger charge is -2.28. The Morgan fingerprint density at radius 1 is 1.04 bits per heavy atom. The topological polar surface area (TPSA) is 53.6 Å². The van der Waals surface area contributed by atoms with Gasteiger partial charge in [0.2, 0.25) is 0 Å². The lowest BCUT2D eigenvalue weighted by molar-refractivity contribution is 0.0996. The van der Waals surface area contributed by atoms with Gasteiger partial charge in [0.05, 0.1) is 19.8 Å². The second-order valence-electron chi connectivity index (χ2n) is 5.74. The molecule has 5 nitrogen and oxygen atoms in total. The van der Waals surface area contributed by atoms with Crippen molar-refractivity contribution >= 4 is 34.5 Å². The van der Waals surface area contributed by atoms with E-state index in [1.165, 1.54) is 0 Å². The third-order valence-electron chi connectivity index (χ3n) is 4.01. The lowest BCUT2D eigenvalue weighted by atomic mass is 10.1. The molecule has 0 atom stereocenters. The third-order valence-corrected chi connectivity index (χ3v) is 4.25. The Labute approximate surface area is 153 Å². The van der Waals surface area contributed by atoms with Crippen molar-refractivity contribution in [3.63, 3.8) is 0 Å². The Kier molecular flexibility index (Phi) is 5.98. The number of ketones is 1. The molecule has 0 amide bonds. The van der Waals surface area contributed by atoms with Crippen molar-refractivity contribution in [2.24, 2.45) is 0 Å². The van der Waals surface area contributed by atoms with Gasteiger partial charge in [-0.15, -0.1) is 0 Å². The molecule has 1 saturated heterocycles. The van der Waals surface area contributed by atoms with E-state index in [2.05, 4.69) is 15.5 Å². The number of para-hydroxylation sites is 1. The van der Waals surface area contributed by atoms with E-state index in [0.29, 0.717) is 10.7 Å². The molecule has 130 valence electrons. The van der Waals surface area contributed by atoms with Crippen LogP contribution in [0.4, 0.5) is 11.4 Å². The van der Waals surface area contributed by atoms with Gasteiger partial charge < -0.3 is 20.3 Å². The zero-order valence-corrected chi connectivity index (χ0v) is 14.7. The van der Waals surface area contributed by atoms with Gasteiger partial charge in [-0.2, -0.15) is 0 Å². The first kappa shape index (κ1) is 17.4. The van der Waals surface area contributed by atoms with Crippen LogP contribution < -0.4 is 15.5 Å². The second-order valence-corrected chi connectivity index (χ2v) is 6.15. The number of thiocarbonyl (C=S) groups is 1. The van der Waals surface area contributed by atoms with E-state index in [-0.39, 0.29) is 12.3 Å². The molecular weight excluding hydrogens is 334 g/mol. The lowest BCUT2D eigenvalue weighted by Crippen LogP contribution is -2.36. The van der Waals surface area contributed by atoms with E-state index in [1.807, 2.05) is 54.6 Å². The monoisotopic (exact) mass is 355 g/mol. The number of morpholine rings is 1. The first-order valence-corrected chi connectivity index (χ1v) is 8.69. The molecule has 0 aliphatic carbocycles. The summed E-state index contributed by atoms with van der Waals surface area (Å²) in [5.41, 5.74) is 2.68. The minimum absolute atomic E-state index is 0.00531. The summed E-state index contributed by atoms with van der Waals surface area (Å²) < 4.78 is 5.36. The number of rotatable bonds is 5. The number of nitrogens with one attached hydrogen (secondary N) is 2. The van der Waals surface area contributed by atoms with E-state index >= 15 is 0 Å². The number of carbonyl (C=O) groups is 1. The van der Waals surface area contributed by atoms with Gasteiger partial charge >= 0.3 is 0 Å². The molecule has 25 heavy (non-hydrogen) atoms. The van der Waals surface area contributed by atoms with Crippen molar-refractivity contribution in [2.45, 2.75) is 0 Å². The Morgan fingerprint density at radius 2 is 1.72 bits per heavy atom. The number of hydrogen-bond donors (Lipinski definition) is 2. The van der Waals surface area contributed by atoms with Gasteiger partial charge in [0.25, 0.3) is 0 Å². The van der Waals surface area contributed by atoms with Gasteiger partial charge in [0.1, 0.15) is 0 Å². The summed E-state index contributed by atoms with van der Waals surface area (Å²) in [6.45, 7) is 3.42. The van der Waals surface area contributed by atoms with Crippen molar-refractivity contribution in [1.29, 1.82) is 0 Å². The van der Waals surface area contributed by atoms with Crippen molar-refractivity contribution in [3.8, 4) is 0 Å². The highest BCUT2D eigenvalue weighted by Crippen LogP contribution is 2.16. The predicted molar refractivity (Wildman–Crippen MR) is 104 cm³/mol. The first-order valence-electron chi connectivity index (χ1n) is 8.28. The maximum absolute atomic E-state index is 12.3. The summed E-state index contributed by atoms with van der Waals surface area (Å²) in [6, 6.07) is 17.3. The van der Waals surface area contributed by atoms with Gasteiger partial charge in [-0.1, -0.05) is 18.2 Å². The molecule has 6 heteroatoms. The van der Waals surface area contributed by atoms with Crippen molar-refractivity contribution in [2.75, 3.05) is 43.1 Å². The third kappa shape index (κ3) is 5.01. The highest BCUT2D eigenvalue weighted by Gasteiger charge is 2.12. The molecule has 0 radical (unpaired) electrons. The summed E-state index contributed by atoms with van der Waals surface area (Å²) in [6.07, 6.45) is 0. The van der Waals surface area contributed by atoms with Crippen LogP contribution in [-0.2, 0) is 4.74 Å². The Bertz CT molecular complexity index is 713. The quantitative estimate of drug-likeness (QED) is 0.635. The van der Waals surface area contributed by atoms with Crippen LogP contribution in [0.25, 0.3) is 0 Å². The van der Waals surface area contributed by atoms with Crippen LogP contribution >= 0.6 is 12.2 Å². The molecule has 2 N–H and O–H groups in total.